The van der Waals surface area contributed by atoms with Crippen molar-refractivity contribution in [3.63, 3.8) is 0 Å². The lowest BCUT2D eigenvalue weighted by Crippen LogP contribution is -2.14. The lowest BCUT2D eigenvalue weighted by molar-refractivity contribution is -0.115. The molecule has 0 radical (unpaired) electrons. The van der Waals surface area contributed by atoms with Crippen molar-refractivity contribution in [1.29, 1.82) is 5.26 Å². The molecule has 32 heavy (non-hydrogen) atoms. The predicted octanol–water partition coefficient (Wildman–Crippen LogP) is 5.12. The number of nitrogen functional groups attached to an aromatic ring is 1. The number of benzene rings is 1. The highest BCUT2D eigenvalue weighted by molar-refractivity contribution is 7.15. The first-order valence-electron chi connectivity index (χ1n) is 10.6. The number of carbonyl (C=O) groups excluding carboxylic acids is 1. The number of nitriles is 1. The summed E-state index contributed by atoms with van der Waals surface area (Å²) in [6.45, 7) is 12.5. The molecule has 7 nitrogen and oxygen atoms in total. The molecule has 3 aromatic rings. The van der Waals surface area contributed by atoms with Gasteiger partial charge < -0.3 is 11.1 Å². The van der Waals surface area contributed by atoms with E-state index in [0.717, 1.165) is 23.2 Å². The molecule has 0 unspecified atom stereocenters. The van der Waals surface area contributed by atoms with Gasteiger partial charge >= 0.3 is 0 Å². The summed E-state index contributed by atoms with van der Waals surface area (Å²) in [4.78, 5) is 18.3. The van der Waals surface area contributed by atoms with E-state index in [1.807, 2.05) is 45.0 Å². The van der Waals surface area contributed by atoms with Crippen molar-refractivity contribution < 1.29 is 4.79 Å². The number of aromatic nitrogens is 3. The highest BCUT2D eigenvalue weighted by atomic mass is 32.1. The second-order valence-corrected chi connectivity index (χ2v) is 10.5. The smallest absolute Gasteiger partial charge is 0.230 e. The summed E-state index contributed by atoms with van der Waals surface area (Å²) in [5, 5.41) is 17.6. The molecule has 0 aliphatic rings. The fourth-order valence-electron chi connectivity index (χ4n) is 3.41. The average molecular weight is 451 g/mol. The van der Waals surface area contributed by atoms with Crippen LogP contribution in [0.5, 0.6) is 0 Å². The topological polar surface area (TPSA) is 110 Å². The van der Waals surface area contributed by atoms with Gasteiger partial charge in [0.25, 0.3) is 0 Å². The van der Waals surface area contributed by atoms with Gasteiger partial charge in [0.1, 0.15) is 23.1 Å². The Balaban J connectivity index is 1.71. The predicted molar refractivity (Wildman–Crippen MR) is 130 cm³/mol. The summed E-state index contributed by atoms with van der Waals surface area (Å²) in [6, 6.07) is 9.69. The Hall–Kier alpha value is -3.18. The number of nitrogens with one attached hydrogen (secondary N) is 1. The van der Waals surface area contributed by atoms with E-state index < -0.39 is 0 Å². The summed E-state index contributed by atoms with van der Waals surface area (Å²) in [6.07, 6.45) is 1.16. The van der Waals surface area contributed by atoms with Crippen LogP contribution in [-0.4, -0.2) is 20.7 Å². The maximum Gasteiger partial charge on any atom is 0.230 e. The van der Waals surface area contributed by atoms with Crippen molar-refractivity contribution in [2.75, 3.05) is 11.1 Å². The molecular weight excluding hydrogens is 420 g/mol. The molecule has 1 amide bonds. The van der Waals surface area contributed by atoms with Gasteiger partial charge in [-0.2, -0.15) is 10.4 Å². The molecule has 0 bridgehead atoms. The first-order valence-corrected chi connectivity index (χ1v) is 11.4. The minimum Gasteiger partial charge on any atom is -0.383 e. The summed E-state index contributed by atoms with van der Waals surface area (Å²) in [5.41, 5.74) is 9.81. The van der Waals surface area contributed by atoms with Crippen LogP contribution in [0.2, 0.25) is 0 Å². The van der Waals surface area contributed by atoms with Crippen molar-refractivity contribution in [1.82, 2.24) is 14.8 Å². The highest BCUT2D eigenvalue weighted by Gasteiger charge is 2.19. The maximum absolute atomic E-state index is 12.5. The van der Waals surface area contributed by atoms with Gasteiger partial charge in [-0.25, -0.2) is 9.67 Å². The van der Waals surface area contributed by atoms with Crippen LogP contribution in [0.4, 0.5) is 10.9 Å². The van der Waals surface area contributed by atoms with Gasteiger partial charge in [0.05, 0.1) is 12.1 Å². The third-order valence-electron chi connectivity index (χ3n) is 4.97. The number of carbonyl (C=O) groups is 1. The number of thiazole rings is 1. The fourth-order valence-corrected chi connectivity index (χ4v) is 4.69. The van der Waals surface area contributed by atoms with Gasteiger partial charge in [-0.05, 0) is 38.2 Å². The van der Waals surface area contributed by atoms with Gasteiger partial charge in [-0.3, -0.25) is 4.79 Å². The van der Waals surface area contributed by atoms with E-state index in [9.17, 15) is 10.1 Å². The molecule has 0 spiro atoms. The zero-order chi connectivity index (χ0) is 23.6. The third-order valence-corrected chi connectivity index (χ3v) is 6.04. The monoisotopic (exact) mass is 450 g/mol. The van der Waals surface area contributed by atoms with Crippen LogP contribution in [-0.2, 0) is 17.6 Å². The Morgan fingerprint density at radius 2 is 1.94 bits per heavy atom. The van der Waals surface area contributed by atoms with E-state index in [2.05, 4.69) is 42.2 Å². The van der Waals surface area contributed by atoms with Gasteiger partial charge in [0.15, 0.2) is 5.13 Å². The van der Waals surface area contributed by atoms with Crippen molar-refractivity contribution >= 4 is 28.2 Å². The Morgan fingerprint density at radius 1 is 1.28 bits per heavy atom. The van der Waals surface area contributed by atoms with Crippen LogP contribution >= 0.6 is 11.3 Å². The van der Waals surface area contributed by atoms with E-state index >= 15 is 0 Å². The summed E-state index contributed by atoms with van der Waals surface area (Å²) in [5.74, 6) is 0.255. The second kappa shape index (κ2) is 9.13. The van der Waals surface area contributed by atoms with Gasteiger partial charge in [0.2, 0.25) is 5.91 Å². The van der Waals surface area contributed by atoms with Crippen LogP contribution in [0.1, 0.15) is 62.4 Å². The number of nitrogens with zero attached hydrogens (tertiary/aromatic N) is 4. The van der Waals surface area contributed by atoms with Gasteiger partial charge in [-0.15, -0.1) is 11.3 Å². The van der Waals surface area contributed by atoms with Crippen LogP contribution in [0.3, 0.4) is 0 Å². The molecule has 0 fully saturated rings. The molecule has 2 aromatic heterocycles. The molecule has 168 valence electrons. The molecule has 0 atom stereocenters. The van der Waals surface area contributed by atoms with Crippen LogP contribution in [0.15, 0.2) is 24.3 Å². The maximum atomic E-state index is 12.5. The quantitative estimate of drug-likeness (QED) is 0.542. The fraction of sp³-hybridized carbons (Fsp3) is 0.417. The van der Waals surface area contributed by atoms with Crippen LogP contribution in [0, 0.1) is 23.7 Å². The van der Waals surface area contributed by atoms with Crippen molar-refractivity contribution in [2.45, 2.75) is 60.4 Å². The number of anilines is 2. The number of hydrogen-bond acceptors (Lipinski definition) is 6. The van der Waals surface area contributed by atoms with E-state index in [0.29, 0.717) is 22.2 Å². The lowest BCUT2D eigenvalue weighted by atomic mass is 9.91. The van der Waals surface area contributed by atoms with E-state index in [1.165, 1.54) is 16.2 Å². The number of rotatable bonds is 6. The van der Waals surface area contributed by atoms with E-state index in [4.69, 9.17) is 5.73 Å². The summed E-state index contributed by atoms with van der Waals surface area (Å²) >= 11 is 1.54. The number of nitrogens with two attached hydrogens (primary N) is 1. The first-order chi connectivity index (χ1) is 15.0. The Labute approximate surface area is 193 Å². The van der Waals surface area contributed by atoms with Crippen LogP contribution < -0.4 is 11.1 Å². The normalized spacial score (nSPS) is 11.6. The largest absolute Gasteiger partial charge is 0.383 e. The summed E-state index contributed by atoms with van der Waals surface area (Å²) < 4.78 is 1.65. The molecule has 8 heteroatoms. The standard InChI is InChI=1S/C24H30N6OS/c1-14(2)30-22(26)18(13-25)21(29-30)17-9-7-16(8-10-17)11-20(31)28-23-27-15(3)19(32-23)12-24(4,5)6/h7-10,14H,11-12,26H2,1-6H3,(H,27,28,31). The molecular formula is C24H30N6OS. The minimum absolute atomic E-state index is 0.0530. The van der Waals surface area contributed by atoms with Gasteiger partial charge in [-0.1, -0.05) is 45.0 Å². The Bertz CT molecular complexity index is 1160. The number of amides is 1. The number of hydrogen-bond donors (Lipinski definition) is 2. The Morgan fingerprint density at radius 3 is 2.50 bits per heavy atom. The first kappa shape index (κ1) is 23.5. The van der Waals surface area contributed by atoms with E-state index in [-0.39, 0.29) is 23.8 Å². The third kappa shape index (κ3) is 5.35. The molecule has 0 saturated carbocycles. The zero-order valence-electron chi connectivity index (χ0n) is 19.5. The summed E-state index contributed by atoms with van der Waals surface area (Å²) in [7, 11) is 0. The molecule has 3 N–H and O–H groups in total. The average Bonchev–Trinajstić information content (AvgIpc) is 3.20. The van der Waals surface area contributed by atoms with Gasteiger partial charge in [0, 0.05) is 16.5 Å². The second-order valence-electron chi connectivity index (χ2n) is 9.45. The molecule has 0 aliphatic carbocycles. The SMILES string of the molecule is Cc1nc(NC(=O)Cc2ccc(-c3nn(C(C)C)c(N)c3C#N)cc2)sc1CC(C)(C)C. The van der Waals surface area contributed by atoms with E-state index in [1.54, 1.807) is 4.68 Å². The highest BCUT2D eigenvalue weighted by Crippen LogP contribution is 2.30. The van der Waals surface area contributed by atoms with Crippen molar-refractivity contribution in [2.24, 2.45) is 5.41 Å². The molecule has 1 aromatic carbocycles. The Kier molecular flexibility index (Phi) is 6.70. The zero-order valence-corrected chi connectivity index (χ0v) is 20.3. The minimum atomic E-state index is -0.111. The molecule has 3 rings (SSSR count). The van der Waals surface area contributed by atoms with Crippen molar-refractivity contribution in [3.8, 4) is 17.3 Å². The molecule has 2 heterocycles. The molecule has 0 saturated heterocycles. The lowest BCUT2D eigenvalue weighted by Gasteiger charge is -2.16. The number of aryl methyl sites for hydroxylation is 1. The van der Waals surface area contributed by atoms with Crippen molar-refractivity contribution in [3.05, 3.63) is 46.0 Å². The molecule has 0 aliphatic heterocycles. The van der Waals surface area contributed by atoms with Crippen LogP contribution in [0.25, 0.3) is 11.3 Å².